The normalized spacial score (nSPS) is 13.9. The molecule has 0 radical (unpaired) electrons. The van der Waals surface area contributed by atoms with Gasteiger partial charge in [0, 0.05) is 27.8 Å². The van der Waals surface area contributed by atoms with Gasteiger partial charge >= 0.3 is 6.18 Å². The van der Waals surface area contributed by atoms with Crippen molar-refractivity contribution in [1.29, 1.82) is 0 Å². The Labute approximate surface area is 138 Å². The molecule has 5 nitrogen and oxygen atoms in total. The molecule has 23 heavy (non-hydrogen) atoms. The maximum absolute atomic E-state index is 12.3. The van der Waals surface area contributed by atoms with Crippen LogP contribution in [0.15, 0.2) is 28.8 Å². The summed E-state index contributed by atoms with van der Waals surface area (Å²) in [5.74, 6) is -1.10. The van der Waals surface area contributed by atoms with Crippen molar-refractivity contribution < 1.29 is 22.8 Å². The average Bonchev–Trinajstić information content (AvgIpc) is 2.74. The number of carbonyl (C=O) groups excluding carboxylic acids is 2. The third-order valence-electron chi connectivity index (χ3n) is 3.29. The third kappa shape index (κ3) is 4.04. The second kappa shape index (κ2) is 6.23. The van der Waals surface area contributed by atoms with Crippen molar-refractivity contribution in [2.24, 2.45) is 5.73 Å². The molecule has 1 aliphatic rings. The monoisotopic (exact) mass is 391 g/mol. The van der Waals surface area contributed by atoms with E-state index in [2.05, 4.69) is 27.8 Å². The Bertz CT molecular complexity index is 689. The molecule has 3 N–H and O–H groups in total. The maximum atomic E-state index is 12.3. The van der Waals surface area contributed by atoms with Gasteiger partial charge in [-0.15, -0.1) is 0 Å². The second-order valence-electron chi connectivity index (χ2n) is 5.08. The number of primary amides is 1. The molecule has 1 aliphatic heterocycles. The average molecular weight is 392 g/mol. The molecule has 0 atom stereocenters. The van der Waals surface area contributed by atoms with Crippen molar-refractivity contribution in [3.63, 3.8) is 0 Å². The predicted molar refractivity (Wildman–Crippen MR) is 81.8 cm³/mol. The number of carbonyl (C=O) groups is 2. The quantitative estimate of drug-likeness (QED) is 0.756. The van der Waals surface area contributed by atoms with E-state index in [1.807, 2.05) is 0 Å². The van der Waals surface area contributed by atoms with Crippen LogP contribution in [0.4, 0.5) is 18.9 Å². The first-order valence-corrected chi connectivity index (χ1v) is 7.27. The van der Waals surface area contributed by atoms with Gasteiger partial charge in [0.1, 0.15) is 6.54 Å². The van der Waals surface area contributed by atoms with Gasteiger partial charge in [0.25, 0.3) is 5.91 Å². The number of hydrogen-bond donors (Lipinski definition) is 2. The fraction of sp³-hybridized carbons (Fsp3) is 0.286. The fourth-order valence-electron chi connectivity index (χ4n) is 2.16. The molecule has 0 aromatic heterocycles. The molecule has 2 rings (SSSR count). The van der Waals surface area contributed by atoms with Crippen molar-refractivity contribution in [2.45, 2.75) is 12.7 Å². The van der Waals surface area contributed by atoms with Crippen LogP contribution in [-0.4, -0.2) is 36.0 Å². The Morgan fingerprint density at radius 3 is 2.65 bits per heavy atom. The van der Waals surface area contributed by atoms with Gasteiger partial charge in [-0.1, -0.05) is 22.5 Å². The minimum Gasteiger partial charge on any atom is -0.376 e. The van der Waals surface area contributed by atoms with Gasteiger partial charge in [-0.2, -0.15) is 13.2 Å². The Hall–Kier alpha value is -2.03. The summed E-state index contributed by atoms with van der Waals surface area (Å²) in [5, 5.41) is 2.23. The van der Waals surface area contributed by atoms with Crippen LogP contribution in [0.5, 0.6) is 0 Å². The van der Waals surface area contributed by atoms with E-state index in [-0.39, 0.29) is 29.9 Å². The number of halogens is 4. The molecule has 9 heteroatoms. The van der Waals surface area contributed by atoms with Gasteiger partial charge in [0.05, 0.1) is 6.54 Å². The zero-order valence-corrected chi connectivity index (χ0v) is 13.4. The number of nitrogens with zero attached hydrogens (tertiary/aromatic N) is 1. The maximum Gasteiger partial charge on any atom is 0.405 e. The highest BCUT2D eigenvalue weighted by atomic mass is 79.9. The van der Waals surface area contributed by atoms with Crippen LogP contribution in [0.2, 0.25) is 0 Å². The molecule has 0 saturated carbocycles. The van der Waals surface area contributed by atoms with E-state index in [0.717, 1.165) is 0 Å². The molecule has 0 unspecified atom stereocenters. The molecule has 0 saturated heterocycles. The van der Waals surface area contributed by atoms with Crippen LogP contribution in [0.3, 0.4) is 0 Å². The molecule has 0 aliphatic carbocycles. The van der Waals surface area contributed by atoms with Crippen molar-refractivity contribution >= 4 is 33.4 Å². The van der Waals surface area contributed by atoms with E-state index in [4.69, 9.17) is 5.73 Å². The van der Waals surface area contributed by atoms with Gasteiger partial charge in [0.2, 0.25) is 5.91 Å². The van der Waals surface area contributed by atoms with Gasteiger partial charge in [-0.3, -0.25) is 9.59 Å². The van der Waals surface area contributed by atoms with E-state index in [9.17, 15) is 22.8 Å². The first-order valence-electron chi connectivity index (χ1n) is 6.48. The van der Waals surface area contributed by atoms with E-state index in [1.54, 1.807) is 0 Å². The Kier molecular flexibility index (Phi) is 4.69. The number of nitrogens with two attached hydrogens (primary N) is 1. The summed E-state index contributed by atoms with van der Waals surface area (Å²) in [4.78, 5) is 24.7. The van der Waals surface area contributed by atoms with Crippen LogP contribution in [0.25, 0.3) is 0 Å². The molecular weight excluding hydrogens is 379 g/mol. The van der Waals surface area contributed by atoms with Crippen LogP contribution < -0.4 is 11.1 Å². The number of amides is 2. The zero-order chi connectivity index (χ0) is 17.4. The number of nitrogens with one attached hydrogen (secondary N) is 1. The van der Waals surface area contributed by atoms with Crippen molar-refractivity contribution in [3.05, 3.63) is 39.9 Å². The Balaban J connectivity index is 2.20. The van der Waals surface area contributed by atoms with Gasteiger partial charge in [-0.05, 0) is 17.7 Å². The van der Waals surface area contributed by atoms with E-state index < -0.39 is 24.5 Å². The summed E-state index contributed by atoms with van der Waals surface area (Å²) < 4.78 is 37.3. The molecule has 1 aromatic rings. The van der Waals surface area contributed by atoms with Gasteiger partial charge in [-0.25, -0.2) is 0 Å². The highest BCUT2D eigenvalue weighted by Crippen LogP contribution is 2.33. The topological polar surface area (TPSA) is 75.4 Å². The van der Waals surface area contributed by atoms with Crippen LogP contribution in [0, 0.1) is 0 Å². The summed E-state index contributed by atoms with van der Waals surface area (Å²) >= 11 is 3.25. The van der Waals surface area contributed by atoms with Crippen molar-refractivity contribution in [2.75, 3.05) is 18.4 Å². The molecular formula is C14H13BrF3N3O2. The number of rotatable bonds is 5. The minimum absolute atomic E-state index is 0.0272. The number of anilines is 1. The number of fused-ring (bicyclic) bond motifs is 1. The van der Waals surface area contributed by atoms with Crippen LogP contribution in [0.1, 0.15) is 15.9 Å². The van der Waals surface area contributed by atoms with Crippen LogP contribution in [-0.2, 0) is 11.3 Å². The smallest absolute Gasteiger partial charge is 0.376 e. The van der Waals surface area contributed by atoms with Crippen molar-refractivity contribution in [3.8, 4) is 0 Å². The van der Waals surface area contributed by atoms with Crippen molar-refractivity contribution in [1.82, 2.24) is 4.90 Å². The molecule has 1 heterocycles. The molecule has 0 spiro atoms. The molecule has 124 valence electrons. The Morgan fingerprint density at radius 1 is 1.43 bits per heavy atom. The summed E-state index contributed by atoms with van der Waals surface area (Å²) in [6.45, 7) is 2.49. The number of benzene rings is 1. The molecule has 1 aromatic carbocycles. The lowest BCUT2D eigenvalue weighted by atomic mass is 10.1. The zero-order valence-electron chi connectivity index (χ0n) is 11.8. The summed E-state index contributed by atoms with van der Waals surface area (Å²) in [6, 6.07) is 2.84. The fourth-order valence-corrected chi connectivity index (χ4v) is 2.75. The summed E-state index contributed by atoms with van der Waals surface area (Å²) in [7, 11) is 0. The molecule has 0 bridgehead atoms. The van der Waals surface area contributed by atoms with E-state index in [0.29, 0.717) is 10.0 Å². The summed E-state index contributed by atoms with van der Waals surface area (Å²) in [6.07, 6.45) is -4.36. The van der Waals surface area contributed by atoms with Gasteiger partial charge < -0.3 is 16.0 Å². The van der Waals surface area contributed by atoms with Gasteiger partial charge in [0.15, 0.2) is 0 Å². The largest absolute Gasteiger partial charge is 0.405 e. The van der Waals surface area contributed by atoms with E-state index in [1.165, 1.54) is 17.0 Å². The van der Waals surface area contributed by atoms with Crippen LogP contribution >= 0.6 is 15.9 Å². The first-order chi connectivity index (χ1) is 10.6. The lowest BCUT2D eigenvalue weighted by Crippen LogP contribution is -2.30. The number of alkyl halides is 3. The van der Waals surface area contributed by atoms with E-state index >= 15 is 0 Å². The predicted octanol–water partition coefficient (Wildman–Crippen LogP) is 2.42. The molecule has 2 amide bonds. The standard InChI is InChI=1S/C14H13BrF3N3O2/c1-7(12(19)22)4-21-5-10-9(13(21)23)2-8(3-11(10)15)20-6-14(16,17)18/h2-3,20H,1,4-6H2,(H2,19,22). The minimum atomic E-state index is -4.36. The summed E-state index contributed by atoms with van der Waals surface area (Å²) in [5.41, 5.74) is 6.28. The SMILES string of the molecule is C=C(CN1Cc2c(Br)cc(NCC(F)(F)F)cc2C1=O)C(N)=O. The first kappa shape index (κ1) is 17.3. The highest BCUT2D eigenvalue weighted by molar-refractivity contribution is 9.10. The molecule has 0 fully saturated rings. The highest BCUT2D eigenvalue weighted by Gasteiger charge is 2.31. The lowest BCUT2D eigenvalue weighted by molar-refractivity contribution is -0.115. The number of hydrogen-bond acceptors (Lipinski definition) is 3. The second-order valence-corrected chi connectivity index (χ2v) is 5.94. The third-order valence-corrected chi connectivity index (χ3v) is 3.99. The Morgan fingerprint density at radius 2 is 2.09 bits per heavy atom. The lowest BCUT2D eigenvalue weighted by Gasteiger charge is -2.15.